The van der Waals surface area contributed by atoms with Gasteiger partial charge >= 0.3 is 6.18 Å². The Bertz CT molecular complexity index is 405. The van der Waals surface area contributed by atoms with E-state index in [0.717, 1.165) is 5.56 Å². The lowest BCUT2D eigenvalue weighted by atomic mass is 10.1. The van der Waals surface area contributed by atoms with Gasteiger partial charge in [0.25, 0.3) is 0 Å². The SMILES string of the molecule is CC(C)N(CC(F)(F)F)c1ccc(CN)c(Cl)c1. The number of alkyl halides is 3. The minimum atomic E-state index is -4.25. The number of nitrogens with zero attached hydrogens (tertiary/aromatic N) is 1. The molecule has 0 unspecified atom stereocenters. The molecule has 0 bridgehead atoms. The quantitative estimate of drug-likeness (QED) is 0.913. The van der Waals surface area contributed by atoms with Crippen LogP contribution in [0.5, 0.6) is 0 Å². The summed E-state index contributed by atoms with van der Waals surface area (Å²) in [5.41, 5.74) is 6.63. The van der Waals surface area contributed by atoms with E-state index in [2.05, 4.69) is 0 Å². The van der Waals surface area contributed by atoms with Gasteiger partial charge in [0.15, 0.2) is 0 Å². The highest BCUT2D eigenvalue weighted by Gasteiger charge is 2.32. The van der Waals surface area contributed by atoms with Gasteiger partial charge < -0.3 is 10.6 Å². The van der Waals surface area contributed by atoms with Crippen molar-refractivity contribution in [2.75, 3.05) is 11.4 Å². The van der Waals surface area contributed by atoms with Crippen molar-refractivity contribution in [1.29, 1.82) is 0 Å². The molecule has 0 atom stereocenters. The van der Waals surface area contributed by atoms with E-state index >= 15 is 0 Å². The Balaban J connectivity index is 3.03. The summed E-state index contributed by atoms with van der Waals surface area (Å²) in [6.45, 7) is 2.68. The van der Waals surface area contributed by atoms with Gasteiger partial charge in [-0.3, -0.25) is 0 Å². The van der Waals surface area contributed by atoms with Crippen LogP contribution in [0.3, 0.4) is 0 Å². The molecule has 2 nitrogen and oxygen atoms in total. The normalized spacial score (nSPS) is 12.0. The molecule has 0 saturated carbocycles. The average Bonchev–Trinajstić information content (AvgIpc) is 2.24. The second-order valence-corrected chi connectivity index (χ2v) is 4.72. The van der Waals surface area contributed by atoms with E-state index < -0.39 is 12.7 Å². The summed E-state index contributed by atoms with van der Waals surface area (Å²) in [5.74, 6) is 0. The van der Waals surface area contributed by atoms with Gasteiger partial charge in [-0.15, -0.1) is 0 Å². The van der Waals surface area contributed by atoms with E-state index in [0.29, 0.717) is 10.7 Å². The summed E-state index contributed by atoms with van der Waals surface area (Å²) >= 11 is 5.96. The van der Waals surface area contributed by atoms with Crippen LogP contribution in [-0.2, 0) is 6.54 Å². The Kier molecular flexibility index (Phi) is 4.87. The summed E-state index contributed by atoms with van der Waals surface area (Å²) in [5, 5.41) is 0.392. The number of hydrogen-bond donors (Lipinski definition) is 1. The summed E-state index contributed by atoms with van der Waals surface area (Å²) < 4.78 is 37.5. The molecule has 0 saturated heterocycles. The average molecular weight is 281 g/mol. The fraction of sp³-hybridized carbons (Fsp3) is 0.500. The predicted octanol–water partition coefficient (Wildman–Crippen LogP) is 3.58. The first-order chi connectivity index (χ1) is 8.24. The van der Waals surface area contributed by atoms with Crippen LogP contribution in [-0.4, -0.2) is 18.8 Å². The molecule has 1 rings (SSSR count). The maximum absolute atomic E-state index is 12.5. The van der Waals surface area contributed by atoms with Crippen LogP contribution in [0.4, 0.5) is 18.9 Å². The van der Waals surface area contributed by atoms with E-state index in [1.807, 2.05) is 0 Å². The molecule has 102 valence electrons. The van der Waals surface area contributed by atoms with E-state index in [1.54, 1.807) is 26.0 Å². The fourth-order valence-electron chi connectivity index (χ4n) is 1.65. The number of benzene rings is 1. The summed E-state index contributed by atoms with van der Waals surface area (Å²) in [4.78, 5) is 1.26. The third-order valence-corrected chi connectivity index (χ3v) is 2.91. The maximum atomic E-state index is 12.5. The Morgan fingerprint density at radius 2 is 1.94 bits per heavy atom. The van der Waals surface area contributed by atoms with Gasteiger partial charge in [-0.05, 0) is 31.5 Å². The molecule has 0 heterocycles. The van der Waals surface area contributed by atoms with Crippen LogP contribution in [0.25, 0.3) is 0 Å². The largest absolute Gasteiger partial charge is 0.405 e. The van der Waals surface area contributed by atoms with Crippen molar-refractivity contribution in [3.8, 4) is 0 Å². The van der Waals surface area contributed by atoms with Crippen LogP contribution < -0.4 is 10.6 Å². The molecule has 0 radical (unpaired) electrons. The monoisotopic (exact) mass is 280 g/mol. The topological polar surface area (TPSA) is 29.3 Å². The molecule has 6 heteroatoms. The lowest BCUT2D eigenvalue weighted by Gasteiger charge is -2.30. The highest BCUT2D eigenvalue weighted by Crippen LogP contribution is 2.28. The van der Waals surface area contributed by atoms with Crippen molar-refractivity contribution in [2.45, 2.75) is 32.6 Å². The summed E-state index contributed by atoms with van der Waals surface area (Å²) in [6.07, 6.45) is -4.25. The van der Waals surface area contributed by atoms with E-state index in [-0.39, 0.29) is 12.6 Å². The van der Waals surface area contributed by atoms with Gasteiger partial charge in [0, 0.05) is 23.3 Å². The predicted molar refractivity (Wildman–Crippen MR) is 67.9 cm³/mol. The molecule has 0 spiro atoms. The van der Waals surface area contributed by atoms with Crippen LogP contribution in [0, 0.1) is 0 Å². The number of rotatable bonds is 4. The van der Waals surface area contributed by atoms with Gasteiger partial charge in [-0.2, -0.15) is 13.2 Å². The molecule has 2 N–H and O–H groups in total. The molecular formula is C12H16ClF3N2. The number of anilines is 1. The molecule has 0 aliphatic heterocycles. The second-order valence-electron chi connectivity index (χ2n) is 4.32. The standard InChI is InChI=1S/C12H16ClF3N2/c1-8(2)18(7-12(14,15)16)10-4-3-9(6-17)11(13)5-10/h3-5,8H,6-7,17H2,1-2H3. The zero-order valence-corrected chi connectivity index (χ0v) is 11.0. The summed E-state index contributed by atoms with van der Waals surface area (Å²) in [7, 11) is 0. The fourth-order valence-corrected chi connectivity index (χ4v) is 1.90. The Morgan fingerprint density at radius 1 is 1.33 bits per heavy atom. The van der Waals surface area contributed by atoms with E-state index in [4.69, 9.17) is 17.3 Å². The van der Waals surface area contributed by atoms with Crippen LogP contribution in [0.1, 0.15) is 19.4 Å². The highest BCUT2D eigenvalue weighted by atomic mass is 35.5. The molecule has 1 aromatic rings. The summed E-state index contributed by atoms with van der Waals surface area (Å²) in [6, 6.07) is 4.52. The Labute approximate surface area is 110 Å². The first kappa shape index (κ1) is 15.1. The van der Waals surface area contributed by atoms with Crippen molar-refractivity contribution in [1.82, 2.24) is 0 Å². The van der Waals surface area contributed by atoms with Gasteiger partial charge in [0.1, 0.15) is 6.54 Å². The van der Waals surface area contributed by atoms with Crippen molar-refractivity contribution in [3.05, 3.63) is 28.8 Å². The van der Waals surface area contributed by atoms with Crippen LogP contribution >= 0.6 is 11.6 Å². The zero-order valence-electron chi connectivity index (χ0n) is 10.3. The van der Waals surface area contributed by atoms with Crippen molar-refractivity contribution in [2.24, 2.45) is 5.73 Å². The van der Waals surface area contributed by atoms with Gasteiger partial charge in [0.05, 0.1) is 0 Å². The first-order valence-corrected chi connectivity index (χ1v) is 5.94. The Morgan fingerprint density at radius 3 is 2.33 bits per heavy atom. The minimum absolute atomic E-state index is 0.264. The van der Waals surface area contributed by atoms with Crippen molar-refractivity contribution in [3.63, 3.8) is 0 Å². The van der Waals surface area contributed by atoms with Crippen LogP contribution in [0.15, 0.2) is 18.2 Å². The highest BCUT2D eigenvalue weighted by molar-refractivity contribution is 6.31. The molecule has 0 amide bonds. The van der Waals surface area contributed by atoms with Crippen molar-refractivity contribution >= 4 is 17.3 Å². The molecular weight excluding hydrogens is 265 g/mol. The van der Waals surface area contributed by atoms with Gasteiger partial charge in [-0.1, -0.05) is 17.7 Å². The molecule has 18 heavy (non-hydrogen) atoms. The van der Waals surface area contributed by atoms with E-state index in [9.17, 15) is 13.2 Å². The molecule has 0 aliphatic carbocycles. The third kappa shape index (κ3) is 4.07. The van der Waals surface area contributed by atoms with Crippen molar-refractivity contribution < 1.29 is 13.2 Å². The number of halogens is 4. The molecule has 0 aliphatic rings. The maximum Gasteiger partial charge on any atom is 0.405 e. The number of nitrogens with two attached hydrogens (primary N) is 1. The third-order valence-electron chi connectivity index (χ3n) is 2.56. The smallest absolute Gasteiger partial charge is 0.360 e. The number of hydrogen-bond acceptors (Lipinski definition) is 2. The lowest BCUT2D eigenvalue weighted by molar-refractivity contribution is -0.120. The molecule has 0 aromatic heterocycles. The van der Waals surface area contributed by atoms with Crippen LogP contribution in [0.2, 0.25) is 5.02 Å². The minimum Gasteiger partial charge on any atom is -0.360 e. The zero-order chi connectivity index (χ0) is 13.9. The lowest BCUT2D eigenvalue weighted by Crippen LogP contribution is -2.39. The van der Waals surface area contributed by atoms with E-state index in [1.165, 1.54) is 11.0 Å². The first-order valence-electron chi connectivity index (χ1n) is 5.56. The van der Waals surface area contributed by atoms with Gasteiger partial charge in [0.2, 0.25) is 0 Å². The Hall–Kier alpha value is -0.940. The van der Waals surface area contributed by atoms with Gasteiger partial charge in [-0.25, -0.2) is 0 Å². The second kappa shape index (κ2) is 5.80. The molecule has 1 aromatic carbocycles. The molecule has 0 fully saturated rings.